The van der Waals surface area contributed by atoms with Crippen LogP contribution in [0, 0.1) is 0 Å². The van der Waals surface area contributed by atoms with Gasteiger partial charge in [-0.2, -0.15) is 0 Å². The van der Waals surface area contributed by atoms with Crippen LogP contribution in [-0.4, -0.2) is 38.5 Å². The fourth-order valence-electron chi connectivity index (χ4n) is 1.44. The monoisotopic (exact) mass is 293 g/mol. The summed E-state index contributed by atoms with van der Waals surface area (Å²) in [4.78, 5) is 22.2. The third-order valence-electron chi connectivity index (χ3n) is 2.51. The molecule has 0 spiro atoms. The third kappa shape index (κ3) is 9.29. The van der Waals surface area contributed by atoms with E-state index in [4.69, 9.17) is 5.73 Å². The van der Waals surface area contributed by atoms with E-state index in [1.54, 1.807) is 0 Å². The molecule has 8 heteroatoms. The Kier molecular flexibility index (Phi) is 8.13. The molecule has 0 rings (SSSR count). The molecular formula is C11H23N3O4S. The summed E-state index contributed by atoms with van der Waals surface area (Å²) in [5, 5.41) is 3.51. The van der Waals surface area contributed by atoms with E-state index >= 15 is 0 Å². The molecule has 19 heavy (non-hydrogen) atoms. The molecule has 0 saturated carbocycles. The summed E-state index contributed by atoms with van der Waals surface area (Å²) in [6.07, 6.45) is 4.55. The van der Waals surface area contributed by atoms with Crippen LogP contribution >= 0.6 is 0 Å². The third-order valence-corrected chi connectivity index (χ3v) is 3.83. The van der Waals surface area contributed by atoms with Gasteiger partial charge in [0.1, 0.15) is 5.37 Å². The van der Waals surface area contributed by atoms with Crippen molar-refractivity contribution >= 4 is 21.8 Å². The highest BCUT2D eigenvalue weighted by atomic mass is 32.2. The minimum Gasteiger partial charge on any atom is -0.370 e. The van der Waals surface area contributed by atoms with Gasteiger partial charge in [-0.3, -0.25) is 4.79 Å². The lowest BCUT2D eigenvalue weighted by atomic mass is 10.2. The summed E-state index contributed by atoms with van der Waals surface area (Å²) < 4.78 is 22.7. The van der Waals surface area contributed by atoms with Crippen LogP contribution in [0.5, 0.6) is 0 Å². The Labute approximate surface area is 114 Å². The molecule has 4 N–H and O–H groups in total. The maximum atomic E-state index is 11.5. The Balaban J connectivity index is 4.14. The Morgan fingerprint density at radius 3 is 2.32 bits per heavy atom. The molecule has 7 nitrogen and oxygen atoms in total. The number of carbonyl (C=O) groups excluding carboxylic acids is 2. The first-order chi connectivity index (χ1) is 8.77. The number of nitrogens with one attached hydrogen (secondary N) is 2. The Hall–Kier alpha value is -1.31. The highest BCUT2D eigenvalue weighted by molar-refractivity contribution is 7.91. The van der Waals surface area contributed by atoms with Gasteiger partial charge in [0.05, 0.1) is 6.42 Å². The molecule has 1 atom stereocenters. The van der Waals surface area contributed by atoms with Crippen molar-refractivity contribution in [2.24, 2.45) is 5.73 Å². The van der Waals surface area contributed by atoms with Crippen molar-refractivity contribution in [3.63, 3.8) is 0 Å². The minimum absolute atomic E-state index is 0.428. The fraction of sp³-hybridized carbons (Fsp3) is 0.818. The van der Waals surface area contributed by atoms with E-state index in [1.165, 1.54) is 0 Å². The summed E-state index contributed by atoms with van der Waals surface area (Å²) in [6.45, 7) is 2.56. The van der Waals surface area contributed by atoms with E-state index in [9.17, 15) is 18.0 Å². The van der Waals surface area contributed by atoms with Crippen molar-refractivity contribution in [2.45, 2.75) is 44.4 Å². The fourth-order valence-corrected chi connectivity index (χ4v) is 2.23. The molecule has 0 saturated heterocycles. The van der Waals surface area contributed by atoms with Crippen molar-refractivity contribution < 1.29 is 18.0 Å². The molecule has 0 aromatic carbocycles. The van der Waals surface area contributed by atoms with E-state index in [1.807, 2.05) is 0 Å². The molecule has 0 unspecified atom stereocenters. The molecule has 0 heterocycles. The van der Waals surface area contributed by atoms with Gasteiger partial charge >= 0.3 is 6.03 Å². The van der Waals surface area contributed by atoms with Crippen molar-refractivity contribution in [3.05, 3.63) is 0 Å². The average molecular weight is 293 g/mol. The summed E-state index contributed by atoms with van der Waals surface area (Å²) in [5.74, 6) is -0.779. The lowest BCUT2D eigenvalue weighted by Crippen LogP contribution is -2.47. The molecular weight excluding hydrogens is 270 g/mol. The van der Waals surface area contributed by atoms with Gasteiger partial charge in [-0.05, 0) is 6.42 Å². The first kappa shape index (κ1) is 17.7. The summed E-state index contributed by atoms with van der Waals surface area (Å²) in [7, 11) is -3.57. The summed E-state index contributed by atoms with van der Waals surface area (Å²) >= 11 is 0. The summed E-state index contributed by atoms with van der Waals surface area (Å²) in [5.41, 5.74) is 4.95. The summed E-state index contributed by atoms with van der Waals surface area (Å²) in [6, 6.07) is -0.604. The topological polar surface area (TPSA) is 118 Å². The molecule has 3 amide bonds. The van der Waals surface area contributed by atoms with Gasteiger partial charge in [0.25, 0.3) is 0 Å². The number of urea groups is 1. The van der Waals surface area contributed by atoms with Crippen LogP contribution in [0.3, 0.4) is 0 Å². The van der Waals surface area contributed by atoms with Crippen LogP contribution in [0.2, 0.25) is 0 Å². The lowest BCUT2D eigenvalue weighted by molar-refractivity contribution is -0.118. The normalized spacial score (nSPS) is 12.7. The van der Waals surface area contributed by atoms with Crippen LogP contribution in [0.25, 0.3) is 0 Å². The van der Waals surface area contributed by atoms with E-state index in [0.717, 1.165) is 31.9 Å². The Morgan fingerprint density at radius 2 is 1.84 bits per heavy atom. The van der Waals surface area contributed by atoms with E-state index in [2.05, 4.69) is 17.6 Å². The van der Waals surface area contributed by atoms with Gasteiger partial charge in [-0.25, -0.2) is 13.2 Å². The van der Waals surface area contributed by atoms with Crippen molar-refractivity contribution in [3.8, 4) is 0 Å². The molecule has 0 aliphatic carbocycles. The predicted octanol–water partition coefficient (Wildman–Crippen LogP) is 0.112. The van der Waals surface area contributed by atoms with Gasteiger partial charge < -0.3 is 16.4 Å². The first-order valence-corrected chi connectivity index (χ1v) is 8.24. The van der Waals surface area contributed by atoms with Crippen molar-refractivity contribution in [1.29, 1.82) is 0 Å². The zero-order valence-electron chi connectivity index (χ0n) is 11.4. The van der Waals surface area contributed by atoms with Gasteiger partial charge in [-0.1, -0.05) is 26.2 Å². The number of hydrogen-bond donors (Lipinski definition) is 3. The number of rotatable bonds is 9. The number of hydrogen-bond acceptors (Lipinski definition) is 4. The molecule has 0 fully saturated rings. The molecule has 0 aliphatic rings. The molecule has 0 aliphatic heterocycles. The van der Waals surface area contributed by atoms with Crippen LogP contribution in [0.15, 0.2) is 0 Å². The Bertz CT molecular complexity index is 395. The number of amides is 3. The molecule has 0 aromatic rings. The first-order valence-electron chi connectivity index (χ1n) is 6.29. The van der Waals surface area contributed by atoms with Crippen LogP contribution in [-0.2, 0) is 14.6 Å². The van der Waals surface area contributed by atoms with Crippen LogP contribution in [0.1, 0.15) is 39.0 Å². The number of carbonyl (C=O) groups is 2. The maximum absolute atomic E-state index is 11.5. The average Bonchev–Trinajstić information content (AvgIpc) is 2.26. The van der Waals surface area contributed by atoms with Gasteiger partial charge in [0, 0.05) is 12.8 Å². The second-order valence-electron chi connectivity index (χ2n) is 4.45. The van der Waals surface area contributed by atoms with Crippen molar-refractivity contribution in [1.82, 2.24) is 10.6 Å². The largest absolute Gasteiger partial charge is 0.370 e. The van der Waals surface area contributed by atoms with Crippen LogP contribution in [0.4, 0.5) is 4.79 Å². The van der Waals surface area contributed by atoms with E-state index in [0.29, 0.717) is 6.54 Å². The maximum Gasteiger partial charge on any atom is 0.315 e. The van der Waals surface area contributed by atoms with E-state index < -0.39 is 33.6 Å². The Morgan fingerprint density at radius 1 is 1.21 bits per heavy atom. The predicted molar refractivity (Wildman–Crippen MR) is 73.1 cm³/mol. The van der Waals surface area contributed by atoms with Gasteiger partial charge in [0.2, 0.25) is 5.91 Å². The molecule has 0 bridgehead atoms. The van der Waals surface area contributed by atoms with Gasteiger partial charge in [-0.15, -0.1) is 0 Å². The number of unbranched alkanes of at least 4 members (excludes halogenated alkanes) is 3. The minimum atomic E-state index is -3.57. The smallest absolute Gasteiger partial charge is 0.315 e. The molecule has 0 radical (unpaired) electrons. The molecule has 112 valence electrons. The highest BCUT2D eigenvalue weighted by Crippen LogP contribution is 2.01. The molecule has 0 aromatic heterocycles. The highest BCUT2D eigenvalue weighted by Gasteiger charge is 2.24. The standard InChI is InChI=1S/C11H23N3O4S/c1-3-4-5-6-7-13-11(16)14-10(8-9(12)15)19(2,17)18/h10H,3-8H2,1-2H3,(H2,12,15)(H2,13,14,16)/t10-/m0/s1. The number of primary amides is 1. The van der Waals surface area contributed by atoms with Crippen LogP contribution < -0.4 is 16.4 Å². The second kappa shape index (κ2) is 8.73. The lowest BCUT2D eigenvalue weighted by Gasteiger charge is -2.16. The van der Waals surface area contributed by atoms with Crippen molar-refractivity contribution in [2.75, 3.05) is 12.8 Å². The SMILES string of the molecule is CCCCCCNC(=O)N[C@H](CC(N)=O)S(C)(=O)=O. The number of nitrogens with two attached hydrogens (primary N) is 1. The zero-order valence-corrected chi connectivity index (χ0v) is 12.3. The zero-order chi connectivity index (χ0) is 14.9. The second-order valence-corrected chi connectivity index (χ2v) is 6.68. The van der Waals surface area contributed by atoms with E-state index in [-0.39, 0.29) is 0 Å². The number of sulfone groups is 1. The van der Waals surface area contributed by atoms with Gasteiger partial charge in [0.15, 0.2) is 9.84 Å². The quantitative estimate of drug-likeness (QED) is 0.523.